The molecule has 2 fully saturated rings. The number of likely N-dealkylation sites (tertiary alicyclic amines) is 1. The third-order valence-electron chi connectivity index (χ3n) is 6.21. The molecule has 0 aliphatic carbocycles. The van der Waals surface area contributed by atoms with Crippen molar-refractivity contribution < 1.29 is 9.21 Å². The maximum atomic E-state index is 12.5. The Morgan fingerprint density at radius 2 is 1.77 bits per heavy atom. The number of amides is 1. The molecule has 1 amide bonds. The van der Waals surface area contributed by atoms with Gasteiger partial charge in [-0.3, -0.25) is 14.7 Å². The summed E-state index contributed by atoms with van der Waals surface area (Å²) in [6.07, 6.45) is 2.86. The first-order chi connectivity index (χ1) is 13.8. The van der Waals surface area contributed by atoms with Crippen molar-refractivity contribution in [1.82, 2.24) is 20.0 Å². The summed E-state index contributed by atoms with van der Waals surface area (Å²) < 4.78 is 5.25. The molecule has 3 rings (SSSR count). The number of guanidine groups is 1. The Morgan fingerprint density at radius 1 is 1.17 bits per heavy atom. The van der Waals surface area contributed by atoms with Gasteiger partial charge in [0.1, 0.15) is 0 Å². The van der Waals surface area contributed by atoms with E-state index in [2.05, 4.69) is 47.8 Å². The Hall–Kier alpha value is -1.29. The van der Waals surface area contributed by atoms with Crippen LogP contribution >= 0.6 is 24.0 Å². The van der Waals surface area contributed by atoms with Crippen molar-refractivity contribution in [2.75, 3.05) is 52.9 Å². The SMILES string of the molecule is CN=C(NCC(C)(C)N1CC(C)CC(C)C1)N1CCN(C(=O)c2ccco2)CC1.I. The van der Waals surface area contributed by atoms with Crippen LogP contribution in [0.3, 0.4) is 0 Å². The first kappa shape index (κ1) is 25.0. The molecule has 0 aromatic carbocycles. The van der Waals surface area contributed by atoms with Gasteiger partial charge in [0, 0.05) is 58.4 Å². The Labute approximate surface area is 198 Å². The number of hydrogen-bond acceptors (Lipinski definition) is 4. The van der Waals surface area contributed by atoms with Crippen molar-refractivity contribution in [2.24, 2.45) is 16.8 Å². The number of halogens is 1. The predicted molar refractivity (Wildman–Crippen MR) is 132 cm³/mol. The first-order valence-corrected chi connectivity index (χ1v) is 10.8. The summed E-state index contributed by atoms with van der Waals surface area (Å²) in [5.74, 6) is 2.79. The molecule has 1 N–H and O–H groups in total. The zero-order chi connectivity index (χ0) is 21.0. The number of hydrogen-bond donors (Lipinski definition) is 1. The van der Waals surface area contributed by atoms with Crippen molar-refractivity contribution in [3.8, 4) is 0 Å². The largest absolute Gasteiger partial charge is 0.459 e. The molecule has 2 unspecified atom stereocenters. The average molecular weight is 531 g/mol. The Bertz CT molecular complexity index is 688. The van der Waals surface area contributed by atoms with E-state index in [1.165, 1.54) is 6.42 Å². The summed E-state index contributed by atoms with van der Waals surface area (Å²) in [4.78, 5) is 23.7. The van der Waals surface area contributed by atoms with Gasteiger partial charge < -0.3 is 19.5 Å². The van der Waals surface area contributed by atoms with Gasteiger partial charge in [-0.05, 0) is 44.2 Å². The topological polar surface area (TPSA) is 64.3 Å². The van der Waals surface area contributed by atoms with E-state index in [1.54, 1.807) is 18.4 Å². The lowest BCUT2D eigenvalue weighted by molar-refractivity contribution is 0.0476. The first-order valence-electron chi connectivity index (χ1n) is 10.8. The number of aliphatic imine (C=N–C) groups is 1. The zero-order valence-corrected chi connectivity index (χ0v) is 21.4. The van der Waals surface area contributed by atoms with Crippen LogP contribution in [0, 0.1) is 11.8 Å². The lowest BCUT2D eigenvalue weighted by atomic mass is 9.88. The van der Waals surface area contributed by atoms with Crippen LogP contribution in [-0.4, -0.2) is 85.0 Å². The molecule has 2 aliphatic rings. The summed E-state index contributed by atoms with van der Waals surface area (Å²) in [6.45, 7) is 15.4. The molecule has 2 atom stereocenters. The van der Waals surface area contributed by atoms with Gasteiger partial charge in [-0.25, -0.2) is 0 Å². The maximum absolute atomic E-state index is 12.5. The van der Waals surface area contributed by atoms with Gasteiger partial charge in [0.05, 0.1) is 6.26 Å². The third kappa shape index (κ3) is 6.12. The van der Waals surface area contributed by atoms with E-state index in [9.17, 15) is 4.79 Å². The number of rotatable bonds is 4. The Morgan fingerprint density at radius 3 is 2.30 bits per heavy atom. The Balaban J connectivity index is 0.00000320. The maximum Gasteiger partial charge on any atom is 0.289 e. The van der Waals surface area contributed by atoms with E-state index in [-0.39, 0.29) is 35.4 Å². The lowest BCUT2D eigenvalue weighted by Gasteiger charge is -2.46. The second-order valence-electron chi connectivity index (χ2n) is 9.32. The molecule has 0 spiro atoms. The van der Waals surface area contributed by atoms with Crippen LogP contribution in [0.4, 0.5) is 0 Å². The van der Waals surface area contributed by atoms with E-state index in [4.69, 9.17) is 4.42 Å². The van der Waals surface area contributed by atoms with Crippen LogP contribution < -0.4 is 5.32 Å². The van der Waals surface area contributed by atoms with Gasteiger partial charge in [0.15, 0.2) is 11.7 Å². The minimum Gasteiger partial charge on any atom is -0.459 e. The highest BCUT2D eigenvalue weighted by Crippen LogP contribution is 2.27. The summed E-state index contributed by atoms with van der Waals surface area (Å²) >= 11 is 0. The Kier molecular flexibility index (Phi) is 9.02. The van der Waals surface area contributed by atoms with Gasteiger partial charge in [-0.15, -0.1) is 24.0 Å². The molecular formula is C22H38IN5O2. The molecule has 30 heavy (non-hydrogen) atoms. The second-order valence-corrected chi connectivity index (χ2v) is 9.32. The van der Waals surface area contributed by atoms with E-state index >= 15 is 0 Å². The van der Waals surface area contributed by atoms with Gasteiger partial charge >= 0.3 is 0 Å². The number of piperazine rings is 1. The fraction of sp³-hybridized carbons (Fsp3) is 0.727. The van der Waals surface area contributed by atoms with Gasteiger partial charge in [-0.1, -0.05) is 13.8 Å². The fourth-order valence-electron chi connectivity index (χ4n) is 4.57. The summed E-state index contributed by atoms with van der Waals surface area (Å²) in [6, 6.07) is 3.47. The molecule has 1 aromatic heterocycles. The minimum absolute atomic E-state index is 0. The van der Waals surface area contributed by atoms with E-state index in [0.717, 1.165) is 50.5 Å². The highest BCUT2D eigenvalue weighted by atomic mass is 127. The number of nitrogens with one attached hydrogen (secondary N) is 1. The molecule has 170 valence electrons. The van der Waals surface area contributed by atoms with Crippen LogP contribution in [0.25, 0.3) is 0 Å². The molecule has 3 heterocycles. The van der Waals surface area contributed by atoms with Crippen LogP contribution in [0.5, 0.6) is 0 Å². The van der Waals surface area contributed by atoms with Crippen molar-refractivity contribution >= 4 is 35.8 Å². The molecule has 2 aliphatic heterocycles. The van der Waals surface area contributed by atoms with Crippen LogP contribution in [0.1, 0.15) is 44.7 Å². The summed E-state index contributed by atoms with van der Waals surface area (Å²) in [7, 11) is 1.83. The lowest BCUT2D eigenvalue weighted by Crippen LogP contribution is -2.59. The molecule has 0 bridgehead atoms. The molecule has 0 saturated carbocycles. The van der Waals surface area contributed by atoms with E-state index in [0.29, 0.717) is 18.8 Å². The molecule has 7 nitrogen and oxygen atoms in total. The minimum atomic E-state index is -0.0351. The predicted octanol–water partition coefficient (Wildman–Crippen LogP) is 2.99. The second kappa shape index (κ2) is 10.8. The van der Waals surface area contributed by atoms with Crippen molar-refractivity contribution in [3.05, 3.63) is 24.2 Å². The third-order valence-corrected chi connectivity index (χ3v) is 6.21. The van der Waals surface area contributed by atoms with Crippen molar-refractivity contribution in [2.45, 2.75) is 39.7 Å². The van der Waals surface area contributed by atoms with Gasteiger partial charge in [0.2, 0.25) is 0 Å². The standard InChI is InChI=1S/C22H37N5O2.HI/c1-17-13-18(2)15-27(14-17)22(3,4)16-24-21(23-5)26-10-8-25(9-11-26)20(28)19-7-6-12-29-19;/h6-7,12,17-18H,8-11,13-16H2,1-5H3,(H,23,24);1H. The highest BCUT2D eigenvalue weighted by Gasteiger charge is 2.33. The summed E-state index contributed by atoms with van der Waals surface area (Å²) in [5.41, 5.74) is 0.0654. The van der Waals surface area contributed by atoms with Gasteiger partial charge in [-0.2, -0.15) is 0 Å². The van der Waals surface area contributed by atoms with E-state index < -0.39 is 0 Å². The highest BCUT2D eigenvalue weighted by molar-refractivity contribution is 14.0. The normalized spacial score (nSPS) is 23.8. The quantitative estimate of drug-likeness (QED) is 0.368. The monoisotopic (exact) mass is 531 g/mol. The molecule has 1 aromatic rings. The number of piperidine rings is 1. The van der Waals surface area contributed by atoms with Crippen LogP contribution in [0.15, 0.2) is 27.8 Å². The van der Waals surface area contributed by atoms with Crippen LogP contribution in [-0.2, 0) is 0 Å². The number of carbonyl (C=O) groups is 1. The van der Waals surface area contributed by atoms with Crippen LogP contribution in [0.2, 0.25) is 0 Å². The van der Waals surface area contributed by atoms with Gasteiger partial charge in [0.25, 0.3) is 5.91 Å². The fourth-order valence-corrected chi connectivity index (χ4v) is 4.57. The number of nitrogens with zero attached hydrogens (tertiary/aromatic N) is 4. The molecular weight excluding hydrogens is 493 g/mol. The van der Waals surface area contributed by atoms with E-state index in [1.807, 2.05) is 11.9 Å². The van der Waals surface area contributed by atoms with Crippen molar-refractivity contribution in [3.63, 3.8) is 0 Å². The average Bonchev–Trinajstić information content (AvgIpc) is 3.22. The number of furan rings is 1. The summed E-state index contributed by atoms with van der Waals surface area (Å²) in [5, 5.41) is 3.59. The molecule has 0 radical (unpaired) electrons. The van der Waals surface area contributed by atoms with Crippen molar-refractivity contribution in [1.29, 1.82) is 0 Å². The molecule has 8 heteroatoms. The zero-order valence-electron chi connectivity index (χ0n) is 19.1. The molecule has 2 saturated heterocycles. The number of carbonyl (C=O) groups excluding carboxylic acids is 1. The smallest absolute Gasteiger partial charge is 0.289 e.